The highest BCUT2D eigenvalue weighted by Gasteiger charge is 2.14. The molecule has 3 aromatic rings. The SMILES string of the molecule is COc1ccc(COc2ccc([N+](=O)[O-])cc2OCc2ccc(OC)cc2)cc1. The quantitative estimate of drug-likeness (QED) is 0.383. The first-order valence-electron chi connectivity index (χ1n) is 8.89. The summed E-state index contributed by atoms with van der Waals surface area (Å²) in [5, 5.41) is 11.1. The zero-order valence-electron chi connectivity index (χ0n) is 16.2. The summed E-state index contributed by atoms with van der Waals surface area (Å²) in [6.45, 7) is 0.532. The van der Waals surface area contributed by atoms with Crippen molar-refractivity contribution in [3.63, 3.8) is 0 Å². The van der Waals surface area contributed by atoms with Crippen LogP contribution in [0, 0.1) is 10.1 Å². The number of rotatable bonds is 9. The molecule has 29 heavy (non-hydrogen) atoms. The van der Waals surface area contributed by atoms with Crippen molar-refractivity contribution >= 4 is 5.69 Å². The topological polar surface area (TPSA) is 80.1 Å². The molecule has 0 atom stereocenters. The van der Waals surface area contributed by atoms with E-state index in [0.29, 0.717) is 18.1 Å². The molecule has 0 aromatic heterocycles. The van der Waals surface area contributed by atoms with Crippen LogP contribution in [0.3, 0.4) is 0 Å². The Bertz CT molecular complexity index is 954. The molecule has 3 aromatic carbocycles. The van der Waals surface area contributed by atoms with Crippen LogP contribution in [0.4, 0.5) is 5.69 Å². The summed E-state index contributed by atoms with van der Waals surface area (Å²) in [5.74, 6) is 2.24. The van der Waals surface area contributed by atoms with Gasteiger partial charge in [-0.15, -0.1) is 0 Å². The Labute approximate surface area is 168 Å². The van der Waals surface area contributed by atoms with Crippen LogP contribution in [0.1, 0.15) is 11.1 Å². The Balaban J connectivity index is 1.73. The van der Waals surface area contributed by atoms with Crippen molar-refractivity contribution in [3.8, 4) is 23.0 Å². The van der Waals surface area contributed by atoms with Crippen molar-refractivity contribution < 1.29 is 23.9 Å². The number of non-ortho nitro benzene ring substituents is 1. The van der Waals surface area contributed by atoms with E-state index < -0.39 is 4.92 Å². The van der Waals surface area contributed by atoms with E-state index in [1.165, 1.54) is 12.1 Å². The van der Waals surface area contributed by atoms with Crippen LogP contribution in [0.15, 0.2) is 66.7 Å². The number of benzene rings is 3. The summed E-state index contributed by atoms with van der Waals surface area (Å²) in [4.78, 5) is 10.7. The monoisotopic (exact) mass is 395 g/mol. The van der Waals surface area contributed by atoms with Crippen LogP contribution >= 0.6 is 0 Å². The Morgan fingerprint density at radius 3 is 1.66 bits per heavy atom. The standard InChI is InChI=1S/C22H21NO6/c1-26-19-8-3-16(4-9-19)14-28-21-12-7-18(23(24)25)13-22(21)29-15-17-5-10-20(27-2)11-6-17/h3-13H,14-15H2,1-2H3. The van der Waals surface area contributed by atoms with Crippen molar-refractivity contribution in [2.75, 3.05) is 14.2 Å². The molecule has 150 valence electrons. The summed E-state index contributed by atoms with van der Waals surface area (Å²) in [7, 11) is 3.20. The Morgan fingerprint density at radius 2 is 1.21 bits per heavy atom. The maximum Gasteiger partial charge on any atom is 0.273 e. The number of ether oxygens (including phenoxy) is 4. The van der Waals surface area contributed by atoms with Crippen LogP contribution in [0.5, 0.6) is 23.0 Å². The molecule has 0 aliphatic heterocycles. The first-order valence-corrected chi connectivity index (χ1v) is 8.89. The van der Waals surface area contributed by atoms with E-state index in [-0.39, 0.29) is 12.3 Å². The zero-order valence-corrected chi connectivity index (χ0v) is 16.2. The molecule has 0 N–H and O–H groups in total. The van der Waals surface area contributed by atoms with Gasteiger partial charge in [0.15, 0.2) is 11.5 Å². The summed E-state index contributed by atoms with van der Waals surface area (Å²) < 4.78 is 22.0. The van der Waals surface area contributed by atoms with Gasteiger partial charge in [-0.3, -0.25) is 10.1 Å². The van der Waals surface area contributed by atoms with Crippen LogP contribution in [0.25, 0.3) is 0 Å². The molecule has 0 saturated carbocycles. The lowest BCUT2D eigenvalue weighted by molar-refractivity contribution is -0.385. The van der Waals surface area contributed by atoms with Gasteiger partial charge in [-0.05, 0) is 41.5 Å². The van der Waals surface area contributed by atoms with Crippen LogP contribution < -0.4 is 18.9 Å². The molecule has 0 aliphatic rings. The van der Waals surface area contributed by atoms with Crippen molar-refractivity contribution in [1.29, 1.82) is 0 Å². The number of nitro groups is 1. The second-order valence-electron chi connectivity index (χ2n) is 6.16. The lowest BCUT2D eigenvalue weighted by Gasteiger charge is -2.13. The third-order valence-corrected chi connectivity index (χ3v) is 4.24. The molecule has 0 aliphatic carbocycles. The second-order valence-corrected chi connectivity index (χ2v) is 6.16. The summed E-state index contributed by atoms with van der Waals surface area (Å²) >= 11 is 0. The molecule has 0 spiro atoms. The largest absolute Gasteiger partial charge is 0.497 e. The molecule has 7 heteroatoms. The van der Waals surface area contributed by atoms with Gasteiger partial charge in [-0.2, -0.15) is 0 Å². The minimum absolute atomic E-state index is 0.0634. The van der Waals surface area contributed by atoms with Crippen molar-refractivity contribution in [2.24, 2.45) is 0 Å². The average molecular weight is 395 g/mol. The predicted octanol–water partition coefficient (Wildman–Crippen LogP) is 4.77. The highest BCUT2D eigenvalue weighted by molar-refractivity contribution is 5.48. The normalized spacial score (nSPS) is 10.3. The minimum atomic E-state index is -0.465. The Morgan fingerprint density at radius 1 is 0.724 bits per heavy atom. The van der Waals surface area contributed by atoms with E-state index in [0.717, 1.165) is 22.6 Å². The highest BCUT2D eigenvalue weighted by atomic mass is 16.6. The van der Waals surface area contributed by atoms with Crippen LogP contribution in [-0.2, 0) is 13.2 Å². The Kier molecular flexibility index (Phi) is 6.52. The number of nitrogens with zero attached hydrogens (tertiary/aromatic N) is 1. The van der Waals surface area contributed by atoms with E-state index in [4.69, 9.17) is 18.9 Å². The Hall–Kier alpha value is -3.74. The van der Waals surface area contributed by atoms with Crippen molar-refractivity contribution in [3.05, 3.63) is 88.0 Å². The molecule has 0 fully saturated rings. The van der Waals surface area contributed by atoms with E-state index in [1.807, 2.05) is 48.5 Å². The first-order chi connectivity index (χ1) is 14.1. The fraction of sp³-hybridized carbons (Fsp3) is 0.182. The maximum absolute atomic E-state index is 11.1. The van der Waals surface area contributed by atoms with Crippen LogP contribution in [0.2, 0.25) is 0 Å². The van der Waals surface area contributed by atoms with Gasteiger partial charge in [0.05, 0.1) is 25.2 Å². The fourth-order valence-electron chi connectivity index (χ4n) is 2.61. The molecule has 0 unspecified atom stereocenters. The third-order valence-electron chi connectivity index (χ3n) is 4.24. The lowest BCUT2D eigenvalue weighted by Crippen LogP contribution is -2.01. The van der Waals surface area contributed by atoms with Crippen molar-refractivity contribution in [1.82, 2.24) is 0 Å². The van der Waals surface area contributed by atoms with Gasteiger partial charge in [0.2, 0.25) is 0 Å². The van der Waals surface area contributed by atoms with E-state index >= 15 is 0 Å². The van der Waals surface area contributed by atoms with Crippen LogP contribution in [-0.4, -0.2) is 19.1 Å². The van der Waals surface area contributed by atoms with Gasteiger partial charge in [-0.1, -0.05) is 24.3 Å². The van der Waals surface area contributed by atoms with Gasteiger partial charge < -0.3 is 18.9 Å². The number of nitro benzene ring substituents is 1. The number of hydrogen-bond donors (Lipinski definition) is 0. The van der Waals surface area contributed by atoms with E-state index in [9.17, 15) is 10.1 Å². The van der Waals surface area contributed by atoms with E-state index in [1.54, 1.807) is 20.3 Å². The lowest BCUT2D eigenvalue weighted by atomic mass is 10.2. The molecule has 0 heterocycles. The highest BCUT2D eigenvalue weighted by Crippen LogP contribution is 2.33. The number of hydrogen-bond acceptors (Lipinski definition) is 6. The first kappa shape index (κ1) is 20.0. The van der Waals surface area contributed by atoms with Crippen molar-refractivity contribution in [2.45, 2.75) is 13.2 Å². The van der Waals surface area contributed by atoms with Gasteiger partial charge in [0.25, 0.3) is 5.69 Å². The van der Waals surface area contributed by atoms with Gasteiger partial charge in [-0.25, -0.2) is 0 Å². The van der Waals surface area contributed by atoms with Gasteiger partial charge >= 0.3 is 0 Å². The molecule has 0 saturated heterocycles. The average Bonchev–Trinajstić information content (AvgIpc) is 2.77. The zero-order chi connectivity index (χ0) is 20.6. The maximum atomic E-state index is 11.1. The predicted molar refractivity (Wildman–Crippen MR) is 108 cm³/mol. The summed E-state index contributed by atoms with van der Waals surface area (Å²) in [6.07, 6.45) is 0. The summed E-state index contributed by atoms with van der Waals surface area (Å²) in [5.41, 5.74) is 1.77. The molecular weight excluding hydrogens is 374 g/mol. The summed E-state index contributed by atoms with van der Waals surface area (Å²) in [6, 6.07) is 19.2. The van der Waals surface area contributed by atoms with Gasteiger partial charge in [0.1, 0.15) is 24.7 Å². The molecule has 3 rings (SSSR count). The molecule has 0 bridgehead atoms. The minimum Gasteiger partial charge on any atom is -0.497 e. The molecule has 0 amide bonds. The smallest absolute Gasteiger partial charge is 0.273 e. The molecule has 7 nitrogen and oxygen atoms in total. The van der Waals surface area contributed by atoms with E-state index in [2.05, 4.69) is 0 Å². The third kappa shape index (κ3) is 5.38. The molecular formula is C22H21NO6. The second kappa shape index (κ2) is 9.45. The van der Waals surface area contributed by atoms with Gasteiger partial charge in [0, 0.05) is 6.07 Å². The fourth-order valence-corrected chi connectivity index (χ4v) is 2.61. The molecule has 0 radical (unpaired) electrons. The number of methoxy groups -OCH3 is 2.